The van der Waals surface area contributed by atoms with Crippen LogP contribution in [0.15, 0.2) is 42.5 Å². The van der Waals surface area contributed by atoms with Gasteiger partial charge in [-0.3, -0.25) is 14.4 Å². The van der Waals surface area contributed by atoms with Crippen molar-refractivity contribution in [3.63, 3.8) is 0 Å². The highest BCUT2D eigenvalue weighted by Gasteiger charge is 2.14. The van der Waals surface area contributed by atoms with E-state index in [9.17, 15) is 18.8 Å². The molecule has 2 aromatic carbocycles. The number of nitrogens with one attached hydrogen (secondary N) is 2. The summed E-state index contributed by atoms with van der Waals surface area (Å²) in [4.78, 5) is 35.4. The molecule has 0 atom stereocenters. The first kappa shape index (κ1) is 19.9. The van der Waals surface area contributed by atoms with Gasteiger partial charge in [-0.15, -0.1) is 0 Å². The number of carbonyl (C=O) groups excluding carboxylic acids is 3. The second kappa shape index (κ2) is 9.33. The summed E-state index contributed by atoms with van der Waals surface area (Å²) in [6.45, 7) is 0.826. The van der Waals surface area contributed by atoms with Crippen molar-refractivity contribution in [2.45, 2.75) is 6.92 Å². The first-order valence-corrected chi connectivity index (χ1v) is 8.03. The van der Waals surface area contributed by atoms with E-state index in [1.54, 1.807) is 12.1 Å². The summed E-state index contributed by atoms with van der Waals surface area (Å²) < 4.78 is 23.4. The summed E-state index contributed by atoms with van der Waals surface area (Å²) in [6, 6.07) is 10.6. The number of esters is 1. The largest absolute Gasteiger partial charge is 0.495 e. The van der Waals surface area contributed by atoms with E-state index in [0.29, 0.717) is 11.4 Å². The third-order valence-electron chi connectivity index (χ3n) is 3.51. The van der Waals surface area contributed by atoms with Crippen molar-refractivity contribution in [2.75, 3.05) is 25.6 Å². The first-order valence-electron chi connectivity index (χ1n) is 8.03. The van der Waals surface area contributed by atoms with Gasteiger partial charge in [-0.25, -0.2) is 4.39 Å². The second-order valence-electron chi connectivity index (χ2n) is 5.58. The number of amides is 2. The Morgan fingerprint density at radius 1 is 1.11 bits per heavy atom. The van der Waals surface area contributed by atoms with Crippen molar-refractivity contribution in [3.05, 3.63) is 59.4 Å². The van der Waals surface area contributed by atoms with Gasteiger partial charge in [0.2, 0.25) is 0 Å². The van der Waals surface area contributed by atoms with Crippen LogP contribution in [-0.2, 0) is 14.3 Å². The number of aryl methyl sites for hydroxylation is 1. The molecule has 2 rings (SSSR count). The molecule has 8 heteroatoms. The van der Waals surface area contributed by atoms with Crippen LogP contribution >= 0.6 is 0 Å². The number of carbonyl (C=O) groups is 3. The zero-order chi connectivity index (χ0) is 19.8. The molecule has 27 heavy (non-hydrogen) atoms. The molecule has 7 nitrogen and oxygen atoms in total. The highest BCUT2D eigenvalue weighted by molar-refractivity contribution is 5.97. The van der Waals surface area contributed by atoms with E-state index in [-0.39, 0.29) is 5.56 Å². The van der Waals surface area contributed by atoms with E-state index in [1.807, 2.05) is 13.0 Å². The number of halogens is 1. The van der Waals surface area contributed by atoms with Gasteiger partial charge in [-0.2, -0.15) is 0 Å². The number of ether oxygens (including phenoxy) is 2. The van der Waals surface area contributed by atoms with Gasteiger partial charge >= 0.3 is 5.97 Å². The minimum absolute atomic E-state index is 0.186. The topological polar surface area (TPSA) is 93.7 Å². The number of methoxy groups -OCH3 is 1. The predicted octanol–water partition coefficient (Wildman–Crippen LogP) is 2.05. The van der Waals surface area contributed by atoms with Crippen molar-refractivity contribution >= 4 is 23.5 Å². The van der Waals surface area contributed by atoms with Gasteiger partial charge in [0, 0.05) is 0 Å². The predicted molar refractivity (Wildman–Crippen MR) is 96.1 cm³/mol. The molecule has 2 N–H and O–H groups in total. The number of hydrogen-bond acceptors (Lipinski definition) is 5. The minimum Gasteiger partial charge on any atom is -0.495 e. The molecule has 0 bridgehead atoms. The number of benzene rings is 2. The summed E-state index contributed by atoms with van der Waals surface area (Å²) in [5.41, 5.74) is 1.18. The molecule has 2 aromatic rings. The average molecular weight is 374 g/mol. The summed E-state index contributed by atoms with van der Waals surface area (Å²) in [7, 11) is 1.47. The fourth-order valence-electron chi connectivity index (χ4n) is 2.20. The van der Waals surface area contributed by atoms with E-state index in [1.165, 1.54) is 25.3 Å². The lowest BCUT2D eigenvalue weighted by Gasteiger charge is -2.11. The third kappa shape index (κ3) is 5.81. The van der Waals surface area contributed by atoms with Gasteiger partial charge in [0.15, 0.2) is 6.61 Å². The molecule has 0 heterocycles. The van der Waals surface area contributed by atoms with Crippen LogP contribution in [0.4, 0.5) is 10.1 Å². The Bertz CT molecular complexity index is 854. The van der Waals surface area contributed by atoms with Gasteiger partial charge in [0.25, 0.3) is 11.8 Å². The Morgan fingerprint density at radius 2 is 1.85 bits per heavy atom. The van der Waals surface area contributed by atoms with Crippen molar-refractivity contribution < 1.29 is 28.2 Å². The normalized spacial score (nSPS) is 10.0. The monoisotopic (exact) mass is 374 g/mol. The SMILES string of the molecule is COc1ccc(C)cc1NC(=O)COC(=O)CNC(=O)c1ccccc1F. The lowest BCUT2D eigenvalue weighted by molar-refractivity contribution is -0.146. The van der Waals surface area contributed by atoms with Crippen molar-refractivity contribution in [1.82, 2.24) is 5.32 Å². The van der Waals surface area contributed by atoms with Gasteiger partial charge in [-0.1, -0.05) is 18.2 Å². The molecule has 142 valence electrons. The first-order chi connectivity index (χ1) is 12.9. The Labute approximate surface area is 155 Å². The van der Waals surface area contributed by atoms with Crippen molar-refractivity contribution in [3.8, 4) is 5.75 Å². The summed E-state index contributed by atoms with van der Waals surface area (Å²) in [6.07, 6.45) is 0. The number of hydrogen-bond donors (Lipinski definition) is 2. The Kier molecular flexibility index (Phi) is 6.87. The Balaban J connectivity index is 1.80. The molecule has 0 aliphatic carbocycles. The number of rotatable bonds is 7. The molecule has 0 spiro atoms. The maximum Gasteiger partial charge on any atom is 0.325 e. The fourth-order valence-corrected chi connectivity index (χ4v) is 2.20. The van der Waals surface area contributed by atoms with Gasteiger partial charge in [-0.05, 0) is 36.8 Å². The average Bonchev–Trinajstić information content (AvgIpc) is 2.65. The van der Waals surface area contributed by atoms with Crippen LogP contribution in [-0.4, -0.2) is 38.0 Å². The third-order valence-corrected chi connectivity index (χ3v) is 3.51. The van der Waals surface area contributed by atoms with Gasteiger partial charge in [0.1, 0.15) is 18.1 Å². The van der Waals surface area contributed by atoms with Gasteiger partial charge < -0.3 is 20.1 Å². The van der Waals surface area contributed by atoms with E-state index in [0.717, 1.165) is 11.6 Å². The smallest absolute Gasteiger partial charge is 0.325 e. The summed E-state index contributed by atoms with van der Waals surface area (Å²) in [5.74, 6) is -2.37. The zero-order valence-corrected chi connectivity index (χ0v) is 14.9. The van der Waals surface area contributed by atoms with Crippen molar-refractivity contribution in [1.29, 1.82) is 0 Å². The maximum atomic E-state index is 13.5. The molecule has 0 aliphatic heterocycles. The minimum atomic E-state index is -0.828. The van der Waals surface area contributed by atoms with Crippen molar-refractivity contribution in [2.24, 2.45) is 0 Å². The lowest BCUT2D eigenvalue weighted by atomic mass is 10.2. The van der Waals surface area contributed by atoms with Crippen LogP contribution in [0.5, 0.6) is 5.75 Å². The molecular weight excluding hydrogens is 355 g/mol. The van der Waals surface area contributed by atoms with E-state index < -0.39 is 36.8 Å². The maximum absolute atomic E-state index is 13.5. The number of anilines is 1. The second-order valence-corrected chi connectivity index (χ2v) is 5.58. The molecule has 0 fully saturated rings. The molecule has 0 unspecified atom stereocenters. The molecule has 0 saturated heterocycles. The highest BCUT2D eigenvalue weighted by Crippen LogP contribution is 2.24. The van der Waals surface area contributed by atoms with Crippen LogP contribution in [0, 0.1) is 12.7 Å². The Morgan fingerprint density at radius 3 is 2.56 bits per heavy atom. The molecular formula is C19H19FN2O5. The van der Waals surface area contributed by atoms with E-state index in [4.69, 9.17) is 9.47 Å². The van der Waals surface area contributed by atoms with Crippen LogP contribution in [0.25, 0.3) is 0 Å². The van der Waals surface area contributed by atoms with E-state index in [2.05, 4.69) is 10.6 Å². The molecule has 0 aromatic heterocycles. The van der Waals surface area contributed by atoms with Gasteiger partial charge in [0.05, 0.1) is 18.4 Å². The quantitative estimate of drug-likeness (QED) is 0.724. The molecule has 2 amide bonds. The standard InChI is InChI=1S/C19H19FN2O5/c1-12-7-8-16(26-2)15(9-12)22-17(23)11-27-18(24)10-21-19(25)13-5-3-4-6-14(13)20/h3-9H,10-11H2,1-2H3,(H,21,25)(H,22,23). The molecule has 0 saturated carbocycles. The van der Waals surface area contributed by atoms with Crippen LogP contribution in [0.2, 0.25) is 0 Å². The fraction of sp³-hybridized carbons (Fsp3) is 0.211. The molecule has 0 aliphatic rings. The summed E-state index contributed by atoms with van der Waals surface area (Å²) >= 11 is 0. The Hall–Kier alpha value is -3.42. The van der Waals surface area contributed by atoms with Crippen LogP contribution in [0.3, 0.4) is 0 Å². The van der Waals surface area contributed by atoms with Crippen LogP contribution < -0.4 is 15.4 Å². The summed E-state index contributed by atoms with van der Waals surface area (Å²) in [5, 5.41) is 4.81. The highest BCUT2D eigenvalue weighted by atomic mass is 19.1. The zero-order valence-electron chi connectivity index (χ0n) is 14.9. The molecule has 0 radical (unpaired) electrons. The van der Waals surface area contributed by atoms with Crippen LogP contribution in [0.1, 0.15) is 15.9 Å². The lowest BCUT2D eigenvalue weighted by Crippen LogP contribution is -2.32. The van der Waals surface area contributed by atoms with E-state index >= 15 is 0 Å².